The lowest BCUT2D eigenvalue weighted by Gasteiger charge is -2.52. The van der Waals surface area contributed by atoms with Gasteiger partial charge < -0.3 is 0 Å². The largest absolute Gasteiger partial charge is 0.115 e. The van der Waals surface area contributed by atoms with Crippen LogP contribution in [-0.4, -0.2) is 0 Å². The maximum atomic E-state index is 5.48. The Balaban J connectivity index is 3.67. The van der Waals surface area contributed by atoms with Gasteiger partial charge in [-0.3, -0.25) is 0 Å². The summed E-state index contributed by atoms with van der Waals surface area (Å²) in [4.78, 5) is 0. The number of hydrogen-bond acceptors (Lipinski definition) is 0. The Morgan fingerprint density at radius 2 is 1.57 bits per heavy atom. The van der Waals surface area contributed by atoms with Gasteiger partial charge in [-0.2, -0.15) is 0 Å². The molecule has 0 saturated heterocycles. The van der Waals surface area contributed by atoms with Gasteiger partial charge in [0.15, 0.2) is 0 Å². The van der Waals surface area contributed by atoms with E-state index in [-0.39, 0.29) is 10.8 Å². The van der Waals surface area contributed by atoms with E-state index in [4.69, 9.17) is 6.42 Å². The van der Waals surface area contributed by atoms with Crippen molar-refractivity contribution in [2.75, 3.05) is 0 Å². The van der Waals surface area contributed by atoms with Crippen LogP contribution in [0.5, 0.6) is 0 Å². The van der Waals surface area contributed by atoms with Crippen LogP contribution in [0.3, 0.4) is 0 Å². The van der Waals surface area contributed by atoms with E-state index in [9.17, 15) is 0 Å². The highest BCUT2D eigenvalue weighted by atomic mass is 14.5. The maximum Gasteiger partial charge on any atom is 0.00442 e. The molecule has 0 amide bonds. The standard InChI is InChI=1S/C23H32/c1-7-13-17-20(8-2)22(9-3,10-4)23(11-5,12-6)21-18-15-14-16-19-21/h1,8,13-19H,9-12H2,2-6H3/b17-13-,20-8+. The molecule has 0 saturated carbocycles. The highest BCUT2D eigenvalue weighted by Crippen LogP contribution is 2.56. The Morgan fingerprint density at radius 1 is 1.00 bits per heavy atom. The van der Waals surface area contributed by atoms with Gasteiger partial charge in [0.05, 0.1) is 0 Å². The zero-order chi connectivity index (χ0) is 17.3. The average Bonchev–Trinajstić information content (AvgIpc) is 2.62. The van der Waals surface area contributed by atoms with Crippen molar-refractivity contribution in [3.8, 4) is 12.3 Å². The molecule has 23 heavy (non-hydrogen) atoms. The first-order valence-corrected chi connectivity index (χ1v) is 8.97. The van der Waals surface area contributed by atoms with Crippen LogP contribution in [0.2, 0.25) is 0 Å². The van der Waals surface area contributed by atoms with E-state index < -0.39 is 0 Å². The van der Waals surface area contributed by atoms with Crippen LogP contribution in [0, 0.1) is 17.8 Å². The molecule has 1 aromatic carbocycles. The Bertz CT molecular complexity index is 558. The van der Waals surface area contributed by atoms with Gasteiger partial charge in [0, 0.05) is 10.8 Å². The number of terminal acetylenes is 1. The SMILES string of the molecule is C#C/C=C\C(=C/C)C(CC)(CC)C(CC)(CC)c1ccccc1. The number of rotatable bonds is 8. The van der Waals surface area contributed by atoms with Gasteiger partial charge in [0.25, 0.3) is 0 Å². The second-order valence-corrected chi connectivity index (χ2v) is 6.19. The fourth-order valence-electron chi connectivity index (χ4n) is 4.65. The molecule has 1 rings (SSSR count). The normalized spacial score (nSPS) is 13.3. The van der Waals surface area contributed by atoms with Crippen LogP contribution in [0.25, 0.3) is 0 Å². The highest BCUT2D eigenvalue weighted by molar-refractivity contribution is 5.40. The van der Waals surface area contributed by atoms with Crippen molar-refractivity contribution in [1.82, 2.24) is 0 Å². The van der Waals surface area contributed by atoms with Gasteiger partial charge in [0.2, 0.25) is 0 Å². The van der Waals surface area contributed by atoms with Crippen LogP contribution in [0.4, 0.5) is 0 Å². The molecule has 0 unspecified atom stereocenters. The summed E-state index contributed by atoms with van der Waals surface area (Å²) in [6.07, 6.45) is 16.2. The van der Waals surface area contributed by atoms with E-state index in [1.54, 1.807) is 0 Å². The molecule has 0 heteroatoms. The van der Waals surface area contributed by atoms with Gasteiger partial charge in [-0.05, 0) is 49.8 Å². The Labute approximate surface area is 143 Å². The minimum absolute atomic E-state index is 0.0972. The zero-order valence-corrected chi connectivity index (χ0v) is 15.5. The van der Waals surface area contributed by atoms with Gasteiger partial charge in [-0.1, -0.05) is 76.1 Å². The third-order valence-corrected chi connectivity index (χ3v) is 5.88. The van der Waals surface area contributed by atoms with Crippen LogP contribution in [-0.2, 0) is 5.41 Å². The van der Waals surface area contributed by atoms with Crippen molar-refractivity contribution in [3.63, 3.8) is 0 Å². The van der Waals surface area contributed by atoms with Crippen molar-refractivity contribution in [3.05, 3.63) is 59.7 Å². The molecule has 1 aromatic rings. The quantitative estimate of drug-likeness (QED) is 0.371. The predicted molar refractivity (Wildman–Crippen MR) is 103 cm³/mol. The summed E-state index contributed by atoms with van der Waals surface area (Å²) >= 11 is 0. The molecule has 0 atom stereocenters. The van der Waals surface area contributed by atoms with Crippen molar-refractivity contribution in [1.29, 1.82) is 0 Å². The molecule has 0 spiro atoms. The Hall–Kier alpha value is -1.74. The van der Waals surface area contributed by atoms with Crippen LogP contribution in [0.15, 0.2) is 54.1 Å². The lowest BCUT2D eigenvalue weighted by molar-refractivity contribution is 0.134. The van der Waals surface area contributed by atoms with E-state index in [1.165, 1.54) is 11.1 Å². The van der Waals surface area contributed by atoms with Crippen molar-refractivity contribution in [2.45, 2.75) is 65.7 Å². The van der Waals surface area contributed by atoms with Crippen LogP contribution in [0.1, 0.15) is 65.9 Å². The number of allylic oxidation sites excluding steroid dienone is 4. The topological polar surface area (TPSA) is 0 Å². The first-order valence-electron chi connectivity index (χ1n) is 8.97. The fourth-order valence-corrected chi connectivity index (χ4v) is 4.65. The van der Waals surface area contributed by atoms with Gasteiger partial charge in [0.1, 0.15) is 0 Å². The molecule has 124 valence electrons. The summed E-state index contributed by atoms with van der Waals surface area (Å²) in [5, 5.41) is 0. The highest BCUT2D eigenvalue weighted by Gasteiger charge is 2.48. The third-order valence-electron chi connectivity index (χ3n) is 5.88. The van der Waals surface area contributed by atoms with E-state index in [0.29, 0.717) is 0 Å². The number of benzene rings is 1. The zero-order valence-electron chi connectivity index (χ0n) is 15.5. The molecule has 0 radical (unpaired) electrons. The second-order valence-electron chi connectivity index (χ2n) is 6.19. The Kier molecular flexibility index (Phi) is 7.37. The molecular weight excluding hydrogens is 276 g/mol. The fraction of sp³-hybridized carbons (Fsp3) is 0.478. The lowest BCUT2D eigenvalue weighted by Crippen LogP contribution is -2.45. The Morgan fingerprint density at radius 3 is 1.96 bits per heavy atom. The molecule has 0 heterocycles. The minimum Gasteiger partial charge on any atom is -0.115 e. The van der Waals surface area contributed by atoms with E-state index >= 15 is 0 Å². The number of hydrogen-bond donors (Lipinski definition) is 0. The molecule has 0 nitrogen and oxygen atoms in total. The van der Waals surface area contributed by atoms with E-state index in [1.807, 2.05) is 6.08 Å². The summed E-state index contributed by atoms with van der Waals surface area (Å²) in [5.41, 5.74) is 3.04. The van der Waals surface area contributed by atoms with Gasteiger partial charge in [-0.15, -0.1) is 6.42 Å². The molecular formula is C23H32. The summed E-state index contributed by atoms with van der Waals surface area (Å²) in [6, 6.07) is 11.0. The van der Waals surface area contributed by atoms with Crippen molar-refractivity contribution in [2.24, 2.45) is 5.41 Å². The van der Waals surface area contributed by atoms with Crippen LogP contribution >= 0.6 is 0 Å². The molecule has 0 N–H and O–H groups in total. The lowest BCUT2D eigenvalue weighted by atomic mass is 9.52. The summed E-state index contributed by atoms with van der Waals surface area (Å²) in [5.74, 6) is 2.66. The molecule has 0 aromatic heterocycles. The molecule has 0 aliphatic heterocycles. The summed E-state index contributed by atoms with van der Waals surface area (Å²) in [6.45, 7) is 11.4. The summed E-state index contributed by atoms with van der Waals surface area (Å²) < 4.78 is 0. The third kappa shape index (κ3) is 3.30. The molecule has 0 aliphatic rings. The first-order chi connectivity index (χ1) is 11.1. The molecule has 0 bridgehead atoms. The maximum absolute atomic E-state index is 5.48. The monoisotopic (exact) mass is 308 g/mol. The molecule has 0 fully saturated rings. The van der Waals surface area contributed by atoms with Gasteiger partial charge in [-0.25, -0.2) is 0 Å². The van der Waals surface area contributed by atoms with E-state index in [2.05, 4.69) is 83.0 Å². The average molecular weight is 309 g/mol. The minimum atomic E-state index is 0.0972. The smallest absolute Gasteiger partial charge is 0.00442 e. The predicted octanol–water partition coefficient (Wildman–Crippen LogP) is 6.69. The second kappa shape index (κ2) is 8.78. The molecule has 0 aliphatic carbocycles. The summed E-state index contributed by atoms with van der Waals surface area (Å²) in [7, 11) is 0. The van der Waals surface area contributed by atoms with Crippen molar-refractivity contribution < 1.29 is 0 Å². The van der Waals surface area contributed by atoms with Crippen LogP contribution < -0.4 is 0 Å². The first kappa shape index (κ1) is 19.3. The van der Waals surface area contributed by atoms with Crippen molar-refractivity contribution >= 4 is 0 Å². The van der Waals surface area contributed by atoms with E-state index in [0.717, 1.165) is 25.7 Å². The van der Waals surface area contributed by atoms with Gasteiger partial charge >= 0.3 is 0 Å².